The number of benzene rings is 1. The molecule has 23 heavy (non-hydrogen) atoms. The van der Waals surface area contributed by atoms with Crippen LogP contribution in [0.2, 0.25) is 0 Å². The number of nitrogens with zero attached hydrogens (tertiary/aromatic N) is 2. The van der Waals surface area contributed by atoms with Crippen LogP contribution in [0.15, 0.2) is 23.0 Å². The Labute approximate surface area is 136 Å². The molecule has 1 saturated carbocycles. The Balaban J connectivity index is 2.20. The standard InChI is InChI=1S/C18H25N3O2/c1-12(11-23-2)21-17(13-6-4-3-5-7-13)20-16-9-8-14(19)10-15(16)18(21)22/h8-10,12-13H,3-7,11,19H2,1-2H3. The lowest BCUT2D eigenvalue weighted by atomic mass is 9.88. The molecule has 0 aliphatic heterocycles. The number of fused-ring (bicyclic) bond motifs is 1. The highest BCUT2D eigenvalue weighted by molar-refractivity contribution is 5.81. The molecular weight excluding hydrogens is 290 g/mol. The summed E-state index contributed by atoms with van der Waals surface area (Å²) in [5.74, 6) is 1.27. The summed E-state index contributed by atoms with van der Waals surface area (Å²) in [7, 11) is 1.66. The lowest BCUT2D eigenvalue weighted by Crippen LogP contribution is -2.32. The first kappa shape index (κ1) is 16.0. The lowest BCUT2D eigenvalue weighted by Gasteiger charge is -2.27. The van der Waals surface area contributed by atoms with Crippen molar-refractivity contribution < 1.29 is 4.74 Å². The number of nitrogens with two attached hydrogens (primary N) is 1. The summed E-state index contributed by atoms with van der Waals surface area (Å²) in [4.78, 5) is 17.9. The van der Waals surface area contributed by atoms with Crippen LogP contribution in [0.1, 0.15) is 56.8 Å². The molecule has 2 aromatic rings. The second-order valence-electron chi connectivity index (χ2n) is 6.56. The van der Waals surface area contributed by atoms with Crippen molar-refractivity contribution in [1.29, 1.82) is 0 Å². The van der Waals surface area contributed by atoms with Crippen LogP contribution in [-0.4, -0.2) is 23.3 Å². The van der Waals surface area contributed by atoms with Crippen molar-refractivity contribution in [2.24, 2.45) is 0 Å². The summed E-state index contributed by atoms with van der Waals surface area (Å²) < 4.78 is 7.11. The highest BCUT2D eigenvalue weighted by Gasteiger charge is 2.24. The number of anilines is 1. The zero-order valence-corrected chi connectivity index (χ0v) is 13.9. The number of aromatic nitrogens is 2. The normalized spacial score (nSPS) is 17.5. The van der Waals surface area contributed by atoms with E-state index < -0.39 is 0 Å². The van der Waals surface area contributed by atoms with Crippen molar-refractivity contribution in [2.45, 2.75) is 51.0 Å². The molecule has 0 amide bonds. The van der Waals surface area contributed by atoms with Crippen LogP contribution in [0.4, 0.5) is 5.69 Å². The number of methoxy groups -OCH3 is 1. The third-order valence-corrected chi connectivity index (χ3v) is 4.77. The fourth-order valence-electron chi connectivity index (χ4n) is 3.62. The molecule has 5 heteroatoms. The molecule has 1 aromatic heterocycles. The van der Waals surface area contributed by atoms with Crippen molar-refractivity contribution in [3.63, 3.8) is 0 Å². The van der Waals surface area contributed by atoms with Gasteiger partial charge >= 0.3 is 0 Å². The van der Waals surface area contributed by atoms with Gasteiger partial charge in [0.2, 0.25) is 0 Å². The number of ether oxygens (including phenoxy) is 1. The van der Waals surface area contributed by atoms with Gasteiger partial charge in [-0.15, -0.1) is 0 Å². The van der Waals surface area contributed by atoms with Crippen molar-refractivity contribution in [2.75, 3.05) is 19.5 Å². The molecule has 1 heterocycles. The van der Waals surface area contributed by atoms with Gasteiger partial charge in [0.05, 0.1) is 23.6 Å². The SMILES string of the molecule is COCC(C)n1c(C2CCCCC2)nc2ccc(N)cc2c1=O. The molecule has 1 aliphatic carbocycles. The molecule has 1 fully saturated rings. The first-order chi connectivity index (χ1) is 11.1. The number of rotatable bonds is 4. The summed E-state index contributed by atoms with van der Waals surface area (Å²) in [6.07, 6.45) is 5.90. The van der Waals surface area contributed by atoms with E-state index in [1.807, 2.05) is 23.6 Å². The van der Waals surface area contributed by atoms with Gasteiger partial charge in [-0.3, -0.25) is 9.36 Å². The second-order valence-corrected chi connectivity index (χ2v) is 6.56. The molecule has 3 rings (SSSR count). The molecule has 1 aliphatic rings. The van der Waals surface area contributed by atoms with Gasteiger partial charge in [-0.2, -0.15) is 0 Å². The fourth-order valence-corrected chi connectivity index (χ4v) is 3.62. The van der Waals surface area contributed by atoms with Gasteiger partial charge in [-0.05, 0) is 38.0 Å². The van der Waals surface area contributed by atoms with E-state index in [0.717, 1.165) is 24.2 Å². The minimum Gasteiger partial charge on any atom is -0.399 e. The molecule has 0 radical (unpaired) electrons. The summed E-state index contributed by atoms with van der Waals surface area (Å²) >= 11 is 0. The van der Waals surface area contributed by atoms with Crippen molar-refractivity contribution in [1.82, 2.24) is 9.55 Å². The van der Waals surface area contributed by atoms with Crippen molar-refractivity contribution in [3.8, 4) is 0 Å². The third kappa shape index (κ3) is 3.11. The van der Waals surface area contributed by atoms with E-state index in [1.165, 1.54) is 19.3 Å². The highest BCUT2D eigenvalue weighted by atomic mass is 16.5. The highest BCUT2D eigenvalue weighted by Crippen LogP contribution is 2.32. The van der Waals surface area contributed by atoms with Gasteiger partial charge in [0.15, 0.2) is 0 Å². The zero-order valence-electron chi connectivity index (χ0n) is 13.9. The molecule has 0 spiro atoms. The van der Waals surface area contributed by atoms with Gasteiger partial charge in [0.25, 0.3) is 5.56 Å². The molecule has 1 atom stereocenters. The van der Waals surface area contributed by atoms with Crippen LogP contribution in [0, 0.1) is 0 Å². The first-order valence-electron chi connectivity index (χ1n) is 8.42. The van der Waals surface area contributed by atoms with Crippen LogP contribution < -0.4 is 11.3 Å². The first-order valence-corrected chi connectivity index (χ1v) is 8.42. The van der Waals surface area contributed by atoms with Gasteiger partial charge in [0, 0.05) is 18.7 Å². The molecule has 124 valence electrons. The third-order valence-electron chi connectivity index (χ3n) is 4.77. The molecule has 1 unspecified atom stereocenters. The van der Waals surface area contributed by atoms with Gasteiger partial charge in [-0.1, -0.05) is 19.3 Å². The lowest BCUT2D eigenvalue weighted by molar-refractivity contribution is 0.157. The second kappa shape index (κ2) is 6.71. The van der Waals surface area contributed by atoms with E-state index >= 15 is 0 Å². The minimum absolute atomic E-state index is 0.00702. The summed E-state index contributed by atoms with van der Waals surface area (Å²) in [5.41, 5.74) is 7.18. The Morgan fingerprint density at radius 1 is 1.35 bits per heavy atom. The quantitative estimate of drug-likeness (QED) is 0.879. The molecule has 1 aromatic carbocycles. The topological polar surface area (TPSA) is 70.1 Å². The maximum Gasteiger partial charge on any atom is 0.261 e. The van der Waals surface area contributed by atoms with Crippen LogP contribution in [0.3, 0.4) is 0 Å². The van der Waals surface area contributed by atoms with Gasteiger partial charge in [-0.25, -0.2) is 4.98 Å². The zero-order chi connectivity index (χ0) is 16.4. The van der Waals surface area contributed by atoms with Crippen LogP contribution >= 0.6 is 0 Å². The van der Waals surface area contributed by atoms with E-state index in [9.17, 15) is 4.79 Å². The monoisotopic (exact) mass is 315 g/mol. The average molecular weight is 315 g/mol. The Morgan fingerprint density at radius 3 is 2.78 bits per heavy atom. The predicted molar refractivity (Wildman–Crippen MR) is 92.8 cm³/mol. The summed E-state index contributed by atoms with van der Waals surface area (Å²) in [6, 6.07) is 5.35. The van der Waals surface area contributed by atoms with Crippen LogP contribution in [0.25, 0.3) is 10.9 Å². The Morgan fingerprint density at radius 2 is 2.09 bits per heavy atom. The maximum atomic E-state index is 13.1. The maximum absolute atomic E-state index is 13.1. The molecule has 2 N–H and O–H groups in total. The van der Waals surface area contributed by atoms with Gasteiger partial charge in [0.1, 0.15) is 5.82 Å². The molecule has 0 saturated heterocycles. The average Bonchev–Trinajstić information content (AvgIpc) is 2.56. The van der Waals surface area contributed by atoms with Gasteiger partial charge < -0.3 is 10.5 Å². The summed E-state index contributed by atoms with van der Waals surface area (Å²) in [6.45, 7) is 2.51. The van der Waals surface area contributed by atoms with E-state index in [1.54, 1.807) is 13.2 Å². The van der Waals surface area contributed by atoms with E-state index in [0.29, 0.717) is 23.6 Å². The molecular formula is C18H25N3O2. The fraction of sp³-hybridized carbons (Fsp3) is 0.556. The Bertz CT molecular complexity index is 748. The minimum atomic E-state index is -0.0391. The van der Waals surface area contributed by atoms with E-state index in [2.05, 4.69) is 0 Å². The summed E-state index contributed by atoms with van der Waals surface area (Å²) in [5, 5.41) is 0.590. The number of nitrogen functional groups attached to an aromatic ring is 1. The largest absolute Gasteiger partial charge is 0.399 e. The molecule has 5 nitrogen and oxygen atoms in total. The molecule has 0 bridgehead atoms. The van der Waals surface area contributed by atoms with Crippen molar-refractivity contribution >= 4 is 16.6 Å². The smallest absolute Gasteiger partial charge is 0.261 e. The van der Waals surface area contributed by atoms with E-state index in [-0.39, 0.29) is 11.6 Å². The van der Waals surface area contributed by atoms with Crippen LogP contribution in [0.5, 0.6) is 0 Å². The van der Waals surface area contributed by atoms with Crippen molar-refractivity contribution in [3.05, 3.63) is 34.4 Å². The van der Waals surface area contributed by atoms with E-state index in [4.69, 9.17) is 15.5 Å². The van der Waals surface area contributed by atoms with Crippen LogP contribution in [-0.2, 0) is 4.74 Å². The Hall–Kier alpha value is -1.88. The number of hydrogen-bond acceptors (Lipinski definition) is 4. The predicted octanol–water partition coefficient (Wildman–Crippen LogP) is 3.23. The Kier molecular flexibility index (Phi) is 4.66. The number of hydrogen-bond donors (Lipinski definition) is 1.